The minimum Gasteiger partial charge on any atom is -0.581 e. The van der Waals surface area contributed by atoms with Gasteiger partial charge in [-0.1, -0.05) is 133 Å². The van der Waals surface area contributed by atoms with Crippen LogP contribution in [0.5, 0.6) is 0 Å². The molecule has 6 aliphatic rings. The SMILES string of the molecule is CC1=C(C)N(C2(c3[c-]c(C4(c5cc[n-]n5)c5ccccc5-c5cccnc54)ccc3)c3ccccc3-c3cccnc32)[CH-]N1C.CC1=C(C)N(C2(c3[c-]c(C4(c5cc[n-]n5)c5ccccc5-c5cccnc54)ccc3)c3ccccc3-c3cccnc32)[CH-]N1C.[Pt].[Pt]. The third kappa shape index (κ3) is 7.71. The van der Waals surface area contributed by atoms with Crippen molar-refractivity contribution in [2.75, 3.05) is 14.1 Å². The van der Waals surface area contributed by atoms with Crippen molar-refractivity contribution in [2.24, 2.45) is 0 Å². The summed E-state index contributed by atoms with van der Waals surface area (Å²) in [6, 6.07) is 76.4. The fourth-order valence-electron chi connectivity index (χ4n) is 15.9. The van der Waals surface area contributed by atoms with Gasteiger partial charge in [-0.2, -0.15) is 74.3 Å². The zero-order chi connectivity index (χ0) is 60.7. The van der Waals surface area contributed by atoms with Crippen LogP contribution in [0.3, 0.4) is 0 Å². The summed E-state index contributed by atoms with van der Waals surface area (Å²) in [7, 11) is 4.21. The molecule has 14 heteroatoms. The fraction of sp³-hybridized carbons (Fsp3) is 0.128. The van der Waals surface area contributed by atoms with E-state index in [1.54, 1.807) is 12.4 Å². The van der Waals surface area contributed by atoms with E-state index >= 15 is 0 Å². The Morgan fingerprint density at radius 1 is 0.337 bits per heavy atom. The number of aromatic nitrogens is 8. The van der Waals surface area contributed by atoms with Crippen molar-refractivity contribution < 1.29 is 42.1 Å². The quantitative estimate of drug-likeness (QED) is 0.135. The Bertz CT molecular complexity index is 4460. The molecule has 12 aromatic rings. The van der Waals surface area contributed by atoms with Crippen LogP contribution in [0.25, 0.3) is 44.5 Å². The van der Waals surface area contributed by atoms with E-state index in [0.717, 1.165) is 101 Å². The molecular weight excluding hydrogens is 1500 g/mol. The zero-order valence-electron chi connectivity index (χ0n) is 51.1. The first-order valence-electron chi connectivity index (χ1n) is 30.4. The number of allylic oxidation sites excluding steroid dienone is 4. The molecular formula is C78H58N12Pt2-6. The summed E-state index contributed by atoms with van der Waals surface area (Å²) in [6.45, 7) is 13.1. The van der Waals surface area contributed by atoms with E-state index in [-0.39, 0.29) is 42.1 Å². The predicted molar refractivity (Wildman–Crippen MR) is 347 cm³/mol. The third-order valence-corrected chi connectivity index (χ3v) is 20.1. The first kappa shape index (κ1) is 58.7. The summed E-state index contributed by atoms with van der Waals surface area (Å²) in [5.74, 6) is 0. The number of hydrogen-bond donors (Lipinski definition) is 0. The summed E-state index contributed by atoms with van der Waals surface area (Å²) in [5, 5.41) is 18.1. The van der Waals surface area contributed by atoms with Gasteiger partial charge < -0.3 is 40.0 Å². The van der Waals surface area contributed by atoms with Gasteiger partial charge in [-0.15, -0.1) is 22.3 Å². The van der Waals surface area contributed by atoms with Crippen LogP contribution in [0, 0.1) is 25.5 Å². The number of rotatable bonds is 8. The van der Waals surface area contributed by atoms with Crippen molar-refractivity contribution in [3.63, 3.8) is 0 Å². The van der Waals surface area contributed by atoms with Crippen molar-refractivity contribution in [3.8, 4) is 44.5 Å². The molecule has 0 saturated carbocycles. The molecule has 2 aliphatic heterocycles. The third-order valence-electron chi connectivity index (χ3n) is 20.1. The van der Waals surface area contributed by atoms with Crippen molar-refractivity contribution >= 4 is 0 Å². The van der Waals surface area contributed by atoms with Gasteiger partial charge in [0.25, 0.3) is 0 Å². The van der Waals surface area contributed by atoms with Crippen molar-refractivity contribution in [3.05, 3.63) is 358 Å². The van der Waals surface area contributed by atoms with Crippen molar-refractivity contribution in [2.45, 2.75) is 49.6 Å². The molecule has 6 aromatic heterocycles. The molecule has 92 heavy (non-hydrogen) atoms. The van der Waals surface area contributed by atoms with E-state index in [0.29, 0.717) is 0 Å². The number of nitrogens with zero attached hydrogens (tertiary/aromatic N) is 12. The van der Waals surface area contributed by atoms with Crippen LogP contribution in [0.15, 0.2) is 254 Å². The van der Waals surface area contributed by atoms with Gasteiger partial charge in [0, 0.05) is 101 Å². The number of hydrogen-bond acceptors (Lipinski definition) is 10. The zero-order valence-corrected chi connectivity index (χ0v) is 55.6. The van der Waals surface area contributed by atoms with Crippen LogP contribution >= 0.6 is 0 Å². The maximum absolute atomic E-state index is 5.14. The Hall–Kier alpha value is -9.60. The molecule has 8 heterocycles. The van der Waals surface area contributed by atoms with Crippen LogP contribution in [-0.4, -0.2) is 63.8 Å². The average molecular weight is 1550 g/mol. The molecule has 0 bridgehead atoms. The number of pyridine rings is 4. The van der Waals surface area contributed by atoms with Crippen LogP contribution in [-0.2, 0) is 64.0 Å². The van der Waals surface area contributed by atoms with Gasteiger partial charge in [-0.05, 0) is 133 Å². The van der Waals surface area contributed by atoms with E-state index < -0.39 is 21.9 Å². The van der Waals surface area contributed by atoms with Crippen LogP contribution in [0.1, 0.15) is 106 Å². The molecule has 0 fully saturated rings. The van der Waals surface area contributed by atoms with E-state index in [1.807, 2.05) is 61.2 Å². The minimum atomic E-state index is -0.793. The molecule has 0 radical (unpaired) electrons. The van der Waals surface area contributed by atoms with Crippen molar-refractivity contribution in [1.82, 2.24) is 59.9 Å². The molecule has 0 N–H and O–H groups in total. The molecule has 4 atom stereocenters. The Balaban J connectivity index is 0.000000149. The van der Waals surface area contributed by atoms with E-state index in [4.69, 9.17) is 30.1 Å². The second kappa shape index (κ2) is 22.1. The maximum atomic E-state index is 5.14. The first-order valence-corrected chi connectivity index (χ1v) is 30.4. The summed E-state index contributed by atoms with van der Waals surface area (Å²) in [4.78, 5) is 29.6. The van der Waals surface area contributed by atoms with Gasteiger partial charge in [-0.3, -0.25) is 19.9 Å². The Kier molecular flexibility index (Phi) is 14.1. The standard InChI is InChI=1S/2C39H29N6.2Pt/c2*1-25-26(2)45(24-44(25)3)39(34-18-7-5-14-30(34)32-16-10-21-41-37(32)39)28-12-8-11-27(23-28)38(35-19-22-42-43-35)33-17-6-4-13-29(33)31-15-9-20-40-36(31)38;;/h2*4-22,24H,1-3H3;;/q2*-3;;. The molecule has 6 aromatic carbocycles. The molecule has 4 aliphatic carbocycles. The Morgan fingerprint density at radius 3 is 1.00 bits per heavy atom. The van der Waals surface area contributed by atoms with E-state index in [2.05, 4.69) is 255 Å². The second-order valence-corrected chi connectivity index (χ2v) is 24.0. The monoisotopic (exact) mass is 1550 g/mol. The largest absolute Gasteiger partial charge is 0.581 e. The summed E-state index contributed by atoms with van der Waals surface area (Å²) >= 11 is 0. The predicted octanol–water partition coefficient (Wildman–Crippen LogP) is 13.8. The Morgan fingerprint density at radius 2 is 0.652 bits per heavy atom. The maximum Gasteiger partial charge on any atom is 0.0862 e. The van der Waals surface area contributed by atoms with Gasteiger partial charge in [0.05, 0.1) is 44.7 Å². The smallest absolute Gasteiger partial charge is 0.0862 e. The second-order valence-electron chi connectivity index (χ2n) is 24.0. The van der Waals surface area contributed by atoms with Gasteiger partial charge in [0.1, 0.15) is 0 Å². The summed E-state index contributed by atoms with van der Waals surface area (Å²) < 4.78 is 0. The summed E-state index contributed by atoms with van der Waals surface area (Å²) in [5.41, 5.74) is 24.9. The number of benzene rings is 6. The molecule has 18 rings (SSSR count). The van der Waals surface area contributed by atoms with Gasteiger partial charge in [0.2, 0.25) is 0 Å². The van der Waals surface area contributed by atoms with Gasteiger partial charge in [0.15, 0.2) is 0 Å². The molecule has 12 nitrogen and oxygen atoms in total. The first-order chi connectivity index (χ1) is 44.1. The molecule has 456 valence electrons. The van der Waals surface area contributed by atoms with Gasteiger partial charge in [-0.25, -0.2) is 0 Å². The normalized spacial score (nSPS) is 20.7. The summed E-state index contributed by atoms with van der Waals surface area (Å²) in [6.07, 6.45) is 11.1. The van der Waals surface area contributed by atoms with Crippen LogP contribution < -0.4 is 10.2 Å². The molecule has 0 amide bonds. The average Bonchev–Trinajstić information content (AvgIpc) is 1.52. The molecule has 0 spiro atoms. The minimum absolute atomic E-state index is 0. The topological polar surface area (TPSA) is 118 Å². The molecule has 0 saturated heterocycles. The van der Waals surface area contributed by atoms with Crippen LogP contribution in [0.4, 0.5) is 0 Å². The van der Waals surface area contributed by atoms with E-state index in [9.17, 15) is 0 Å². The van der Waals surface area contributed by atoms with Crippen LogP contribution in [0.2, 0.25) is 0 Å². The fourth-order valence-corrected chi connectivity index (χ4v) is 15.9. The Labute approximate surface area is 564 Å². The van der Waals surface area contributed by atoms with E-state index in [1.165, 1.54) is 45.0 Å². The van der Waals surface area contributed by atoms with Crippen molar-refractivity contribution in [1.29, 1.82) is 0 Å². The molecule has 4 unspecified atom stereocenters. The number of fused-ring (bicyclic) bond motifs is 12. The van der Waals surface area contributed by atoms with Gasteiger partial charge >= 0.3 is 0 Å².